The van der Waals surface area contributed by atoms with Crippen molar-refractivity contribution in [3.05, 3.63) is 54.1 Å². The highest BCUT2D eigenvalue weighted by atomic mass is 32.2. The molecular weight excluding hydrogens is 380 g/mol. The van der Waals surface area contributed by atoms with Gasteiger partial charge in [0.1, 0.15) is 18.0 Å². The monoisotopic (exact) mass is 406 g/mol. The van der Waals surface area contributed by atoms with E-state index >= 15 is 0 Å². The zero-order chi connectivity index (χ0) is 20.6. The van der Waals surface area contributed by atoms with Crippen molar-refractivity contribution in [1.82, 2.24) is 5.32 Å². The number of carbonyl (C=O) groups excluding carboxylic acids is 1. The third kappa shape index (κ3) is 6.16. The predicted octanol–water partition coefficient (Wildman–Crippen LogP) is 2.57. The standard InChI is InChI=1S/C20H26N2O5S/c1-4-26-18-12-10-17(11-13-18)22(28(3,24)25)15-20(23)21-14-16-8-6-7-9-19(16)27-5-2/h6-13H,4-5,14-15H2,1-3H3,(H,21,23). The number of hydrogen-bond acceptors (Lipinski definition) is 5. The fourth-order valence-electron chi connectivity index (χ4n) is 2.60. The lowest BCUT2D eigenvalue weighted by molar-refractivity contribution is -0.119. The molecule has 0 bridgehead atoms. The van der Waals surface area contributed by atoms with E-state index in [1.54, 1.807) is 24.3 Å². The van der Waals surface area contributed by atoms with Crippen molar-refractivity contribution in [1.29, 1.82) is 0 Å². The summed E-state index contributed by atoms with van der Waals surface area (Å²) >= 11 is 0. The number of sulfonamides is 1. The van der Waals surface area contributed by atoms with E-state index in [0.29, 0.717) is 30.4 Å². The van der Waals surface area contributed by atoms with Crippen LogP contribution in [-0.4, -0.2) is 40.3 Å². The van der Waals surface area contributed by atoms with Crippen LogP contribution in [0.5, 0.6) is 11.5 Å². The van der Waals surface area contributed by atoms with Crippen molar-refractivity contribution in [2.45, 2.75) is 20.4 Å². The Labute approximate surface area is 166 Å². The molecule has 0 aromatic heterocycles. The molecule has 0 spiro atoms. The van der Waals surface area contributed by atoms with Crippen molar-refractivity contribution < 1.29 is 22.7 Å². The van der Waals surface area contributed by atoms with Crippen LogP contribution in [0.2, 0.25) is 0 Å². The molecule has 0 saturated carbocycles. The molecule has 0 heterocycles. The molecule has 152 valence electrons. The van der Waals surface area contributed by atoms with Crippen LogP contribution in [0.15, 0.2) is 48.5 Å². The normalized spacial score (nSPS) is 11.0. The number of nitrogens with zero attached hydrogens (tertiary/aromatic N) is 1. The van der Waals surface area contributed by atoms with Crippen LogP contribution in [0.3, 0.4) is 0 Å². The molecule has 2 rings (SSSR count). The lowest BCUT2D eigenvalue weighted by atomic mass is 10.2. The Hall–Kier alpha value is -2.74. The molecule has 8 heteroatoms. The third-order valence-electron chi connectivity index (χ3n) is 3.87. The molecule has 1 amide bonds. The maximum Gasteiger partial charge on any atom is 0.241 e. The molecule has 0 fully saturated rings. The number of anilines is 1. The van der Waals surface area contributed by atoms with E-state index < -0.39 is 15.9 Å². The first-order chi connectivity index (χ1) is 13.3. The van der Waals surface area contributed by atoms with Crippen LogP contribution < -0.4 is 19.1 Å². The Bertz CT molecular complexity index is 882. The SMILES string of the molecule is CCOc1ccc(N(CC(=O)NCc2ccccc2OCC)S(C)(=O)=O)cc1. The molecule has 0 saturated heterocycles. The van der Waals surface area contributed by atoms with Gasteiger partial charge in [0.25, 0.3) is 0 Å². The van der Waals surface area contributed by atoms with E-state index in [4.69, 9.17) is 9.47 Å². The molecule has 0 aliphatic rings. The summed E-state index contributed by atoms with van der Waals surface area (Å²) in [4.78, 5) is 12.4. The highest BCUT2D eigenvalue weighted by Crippen LogP contribution is 2.22. The van der Waals surface area contributed by atoms with Gasteiger partial charge >= 0.3 is 0 Å². The van der Waals surface area contributed by atoms with Crippen LogP contribution in [0.25, 0.3) is 0 Å². The van der Waals surface area contributed by atoms with E-state index in [-0.39, 0.29) is 13.1 Å². The van der Waals surface area contributed by atoms with Gasteiger partial charge in [-0.15, -0.1) is 0 Å². The zero-order valence-corrected chi connectivity index (χ0v) is 17.2. The topological polar surface area (TPSA) is 84.9 Å². The van der Waals surface area contributed by atoms with E-state index in [1.165, 1.54) is 0 Å². The van der Waals surface area contributed by atoms with E-state index in [0.717, 1.165) is 16.1 Å². The average Bonchev–Trinajstić information content (AvgIpc) is 2.66. The number of carbonyl (C=O) groups is 1. The Kier molecular flexibility index (Phi) is 7.69. The van der Waals surface area contributed by atoms with Gasteiger partial charge in [0.05, 0.1) is 25.2 Å². The molecule has 2 aromatic carbocycles. The molecule has 1 N–H and O–H groups in total. The fraction of sp³-hybridized carbons (Fsp3) is 0.350. The highest BCUT2D eigenvalue weighted by molar-refractivity contribution is 7.92. The minimum atomic E-state index is -3.63. The zero-order valence-electron chi connectivity index (χ0n) is 16.3. The van der Waals surface area contributed by atoms with Gasteiger partial charge in [0.15, 0.2) is 0 Å². The van der Waals surface area contributed by atoms with Crippen molar-refractivity contribution in [3.8, 4) is 11.5 Å². The van der Waals surface area contributed by atoms with Gasteiger partial charge in [-0.3, -0.25) is 9.10 Å². The van der Waals surface area contributed by atoms with Gasteiger partial charge < -0.3 is 14.8 Å². The van der Waals surface area contributed by atoms with Crippen LogP contribution in [-0.2, 0) is 21.4 Å². The number of ether oxygens (including phenoxy) is 2. The van der Waals surface area contributed by atoms with Crippen molar-refractivity contribution in [3.63, 3.8) is 0 Å². The first kappa shape index (κ1) is 21.6. The number of nitrogens with one attached hydrogen (secondary N) is 1. The second-order valence-corrected chi connectivity index (χ2v) is 7.92. The molecule has 0 radical (unpaired) electrons. The van der Waals surface area contributed by atoms with Gasteiger partial charge in [-0.25, -0.2) is 8.42 Å². The summed E-state index contributed by atoms with van der Waals surface area (Å²) in [6.07, 6.45) is 1.07. The number of benzene rings is 2. The van der Waals surface area contributed by atoms with Crippen molar-refractivity contribution >= 4 is 21.6 Å². The highest BCUT2D eigenvalue weighted by Gasteiger charge is 2.21. The Balaban J connectivity index is 2.07. The van der Waals surface area contributed by atoms with Crippen LogP contribution in [0.1, 0.15) is 19.4 Å². The van der Waals surface area contributed by atoms with Crippen LogP contribution >= 0.6 is 0 Å². The summed E-state index contributed by atoms with van der Waals surface area (Å²) in [5.74, 6) is 0.916. The first-order valence-corrected chi connectivity index (χ1v) is 10.9. The first-order valence-electron chi connectivity index (χ1n) is 9.03. The van der Waals surface area contributed by atoms with E-state index in [2.05, 4.69) is 5.32 Å². The molecule has 2 aromatic rings. The Morgan fingerprint density at radius 3 is 2.25 bits per heavy atom. The van der Waals surface area contributed by atoms with Crippen LogP contribution in [0.4, 0.5) is 5.69 Å². The van der Waals surface area contributed by atoms with Gasteiger partial charge in [-0.05, 0) is 44.2 Å². The smallest absolute Gasteiger partial charge is 0.241 e. The van der Waals surface area contributed by atoms with E-state index in [1.807, 2.05) is 38.1 Å². The lowest BCUT2D eigenvalue weighted by Crippen LogP contribution is -2.40. The maximum atomic E-state index is 12.4. The number of hydrogen-bond donors (Lipinski definition) is 1. The number of para-hydroxylation sites is 1. The van der Waals surface area contributed by atoms with Gasteiger partial charge in [0, 0.05) is 12.1 Å². The number of amides is 1. The second kappa shape index (κ2) is 9.98. The molecule has 0 unspecified atom stereocenters. The minimum absolute atomic E-state index is 0.246. The molecular formula is C20H26N2O5S. The molecule has 28 heavy (non-hydrogen) atoms. The second-order valence-electron chi connectivity index (χ2n) is 6.01. The summed E-state index contributed by atoms with van der Waals surface area (Å²) in [7, 11) is -3.63. The van der Waals surface area contributed by atoms with Gasteiger partial charge in [-0.2, -0.15) is 0 Å². The predicted molar refractivity (Wildman–Crippen MR) is 109 cm³/mol. The summed E-state index contributed by atoms with van der Waals surface area (Å²) in [6.45, 7) is 4.71. The van der Waals surface area contributed by atoms with Crippen molar-refractivity contribution in [2.75, 3.05) is 30.3 Å². The Morgan fingerprint density at radius 1 is 1.00 bits per heavy atom. The molecule has 7 nitrogen and oxygen atoms in total. The third-order valence-corrected chi connectivity index (χ3v) is 5.01. The molecule has 0 aliphatic heterocycles. The Morgan fingerprint density at radius 2 is 1.64 bits per heavy atom. The fourth-order valence-corrected chi connectivity index (χ4v) is 3.46. The summed E-state index contributed by atoms with van der Waals surface area (Å²) in [5, 5.41) is 2.75. The van der Waals surface area contributed by atoms with E-state index in [9.17, 15) is 13.2 Å². The average molecular weight is 407 g/mol. The molecule has 0 atom stereocenters. The largest absolute Gasteiger partial charge is 0.494 e. The number of rotatable bonds is 10. The van der Waals surface area contributed by atoms with Gasteiger partial charge in [-0.1, -0.05) is 18.2 Å². The molecule has 0 aliphatic carbocycles. The minimum Gasteiger partial charge on any atom is -0.494 e. The van der Waals surface area contributed by atoms with Crippen LogP contribution in [0, 0.1) is 0 Å². The summed E-state index contributed by atoms with van der Waals surface area (Å²) < 4.78 is 36.3. The maximum absolute atomic E-state index is 12.4. The summed E-state index contributed by atoms with van der Waals surface area (Å²) in [6, 6.07) is 14.0. The summed E-state index contributed by atoms with van der Waals surface area (Å²) in [5.41, 5.74) is 1.22. The van der Waals surface area contributed by atoms with Crippen molar-refractivity contribution in [2.24, 2.45) is 0 Å². The quantitative estimate of drug-likeness (QED) is 0.656. The lowest BCUT2D eigenvalue weighted by Gasteiger charge is -2.22. The van der Waals surface area contributed by atoms with Gasteiger partial charge in [0.2, 0.25) is 15.9 Å².